The Hall–Kier alpha value is -4.10. The molecule has 0 unspecified atom stereocenters. The highest BCUT2D eigenvalue weighted by atomic mass is 16.5. The largest absolute Gasteiger partial charge is 0.497 e. The van der Waals surface area contributed by atoms with Gasteiger partial charge in [0.2, 0.25) is 17.8 Å². The Morgan fingerprint density at radius 3 is 2.57 bits per heavy atom. The van der Waals surface area contributed by atoms with Crippen LogP contribution in [-0.4, -0.2) is 86.0 Å². The Morgan fingerprint density at radius 2 is 1.92 bits per heavy atom. The fourth-order valence-corrected chi connectivity index (χ4v) is 3.04. The van der Waals surface area contributed by atoms with Gasteiger partial charge in [-0.3, -0.25) is 9.59 Å². The summed E-state index contributed by atoms with van der Waals surface area (Å²) in [5.74, 6) is 7.66. The molecule has 0 saturated carbocycles. The van der Waals surface area contributed by atoms with Crippen molar-refractivity contribution in [3.63, 3.8) is 0 Å². The van der Waals surface area contributed by atoms with Crippen molar-refractivity contribution in [1.29, 1.82) is 0 Å². The predicted molar refractivity (Wildman–Crippen MR) is 147 cm³/mol. The molecule has 1 aromatic heterocycles. The number of carbonyl (C=O) groups is 2. The SMILES string of the molecule is CNc1ncc(C#CCCCNC(=O)[C@H](C)N(C)C(=O)/C=C/CN(C)C)c(Nc2ccc(OC)cc2)n1. The van der Waals surface area contributed by atoms with Crippen LogP contribution in [0.15, 0.2) is 42.6 Å². The molecule has 10 nitrogen and oxygen atoms in total. The van der Waals surface area contributed by atoms with Gasteiger partial charge in [0.15, 0.2) is 5.82 Å². The fraction of sp³-hybridized carbons (Fsp3) is 0.407. The molecule has 1 atom stereocenters. The minimum Gasteiger partial charge on any atom is -0.497 e. The molecule has 2 amide bonds. The molecule has 1 aromatic carbocycles. The van der Waals surface area contributed by atoms with E-state index in [0.29, 0.717) is 43.3 Å². The Labute approximate surface area is 219 Å². The van der Waals surface area contributed by atoms with Gasteiger partial charge in [-0.15, -0.1) is 0 Å². The smallest absolute Gasteiger partial charge is 0.246 e. The molecule has 0 bridgehead atoms. The molecule has 0 aliphatic heterocycles. The van der Waals surface area contributed by atoms with Crippen molar-refractivity contribution >= 4 is 29.3 Å². The van der Waals surface area contributed by atoms with Gasteiger partial charge in [0.25, 0.3) is 0 Å². The van der Waals surface area contributed by atoms with Crippen molar-refractivity contribution in [2.75, 3.05) is 59.0 Å². The standard InChI is InChI=1S/C27H37N7O3/c1-20(34(5)24(35)12-10-18-33(3)4)26(36)29-17-9-7-8-11-21-19-30-27(28-2)32-25(21)31-22-13-15-23(37-6)16-14-22/h10,12-16,19-20H,7,9,17-18H2,1-6H3,(H,29,36)(H2,28,30,31,32)/b12-10+/t20-/m0/s1. The quantitative estimate of drug-likeness (QED) is 0.228. The zero-order valence-corrected chi connectivity index (χ0v) is 22.5. The maximum Gasteiger partial charge on any atom is 0.246 e. The molecule has 37 heavy (non-hydrogen) atoms. The lowest BCUT2D eigenvalue weighted by molar-refractivity contribution is -0.135. The third-order valence-corrected chi connectivity index (χ3v) is 5.40. The van der Waals surface area contributed by atoms with Gasteiger partial charge < -0.3 is 30.5 Å². The number of rotatable bonds is 12. The first-order chi connectivity index (χ1) is 17.7. The van der Waals surface area contributed by atoms with Crippen LogP contribution in [-0.2, 0) is 9.59 Å². The van der Waals surface area contributed by atoms with Crippen LogP contribution in [0.25, 0.3) is 0 Å². The number of unbranched alkanes of at least 4 members (excludes halogenated alkanes) is 1. The molecule has 0 aliphatic carbocycles. The molecular formula is C27H37N7O3. The van der Waals surface area contributed by atoms with Gasteiger partial charge in [-0.25, -0.2) is 4.98 Å². The molecule has 0 aliphatic rings. The van der Waals surface area contributed by atoms with Crippen molar-refractivity contribution in [3.05, 3.63) is 48.2 Å². The first-order valence-corrected chi connectivity index (χ1v) is 12.1. The van der Waals surface area contributed by atoms with Crippen molar-refractivity contribution in [2.45, 2.75) is 25.8 Å². The van der Waals surface area contributed by atoms with Crippen molar-refractivity contribution in [3.8, 4) is 17.6 Å². The van der Waals surface area contributed by atoms with Crippen LogP contribution in [0.2, 0.25) is 0 Å². The van der Waals surface area contributed by atoms with Crippen LogP contribution in [0.4, 0.5) is 17.5 Å². The van der Waals surface area contributed by atoms with E-state index in [-0.39, 0.29) is 11.8 Å². The van der Waals surface area contributed by atoms with Gasteiger partial charge in [0.05, 0.1) is 18.9 Å². The first-order valence-electron chi connectivity index (χ1n) is 12.1. The number of likely N-dealkylation sites (N-methyl/N-ethyl adjacent to an activating group) is 2. The maximum absolute atomic E-state index is 12.4. The summed E-state index contributed by atoms with van der Waals surface area (Å²) in [7, 11) is 8.84. The molecule has 2 rings (SSSR count). The van der Waals surface area contributed by atoms with Crippen LogP contribution in [0.1, 0.15) is 25.3 Å². The number of amides is 2. The van der Waals surface area contributed by atoms with E-state index in [1.165, 1.54) is 11.0 Å². The molecule has 0 saturated heterocycles. The topological polar surface area (TPSA) is 112 Å². The summed E-state index contributed by atoms with van der Waals surface area (Å²) in [5.41, 5.74) is 1.51. The minimum atomic E-state index is -0.572. The number of nitrogens with one attached hydrogen (secondary N) is 3. The second kappa shape index (κ2) is 15.1. The molecule has 198 valence electrons. The molecule has 0 radical (unpaired) electrons. The van der Waals surface area contributed by atoms with Crippen LogP contribution in [0.3, 0.4) is 0 Å². The summed E-state index contributed by atoms with van der Waals surface area (Å²) in [6, 6.07) is 6.94. The van der Waals surface area contributed by atoms with Crippen LogP contribution < -0.4 is 20.7 Å². The van der Waals surface area contributed by atoms with Crippen LogP contribution in [0, 0.1) is 11.8 Å². The number of carbonyl (C=O) groups excluding carboxylic acids is 2. The lowest BCUT2D eigenvalue weighted by atomic mass is 10.2. The van der Waals surface area contributed by atoms with E-state index in [4.69, 9.17) is 4.74 Å². The van der Waals surface area contributed by atoms with Crippen molar-refractivity contribution in [1.82, 2.24) is 25.1 Å². The Morgan fingerprint density at radius 1 is 1.19 bits per heavy atom. The first kappa shape index (κ1) is 29.1. The highest BCUT2D eigenvalue weighted by Gasteiger charge is 2.20. The monoisotopic (exact) mass is 507 g/mol. The number of ether oxygens (including phenoxy) is 1. The molecule has 3 N–H and O–H groups in total. The number of hydrogen-bond donors (Lipinski definition) is 3. The molecule has 0 spiro atoms. The number of benzene rings is 1. The van der Waals surface area contributed by atoms with E-state index >= 15 is 0 Å². The third-order valence-electron chi connectivity index (χ3n) is 5.40. The van der Waals surface area contributed by atoms with E-state index in [9.17, 15) is 9.59 Å². The summed E-state index contributed by atoms with van der Waals surface area (Å²) in [6.45, 7) is 2.83. The fourth-order valence-electron chi connectivity index (χ4n) is 3.04. The summed E-state index contributed by atoms with van der Waals surface area (Å²) in [4.78, 5) is 36.8. The molecule has 0 fully saturated rings. The second-order valence-corrected chi connectivity index (χ2v) is 8.55. The minimum absolute atomic E-state index is 0.202. The van der Waals surface area contributed by atoms with Gasteiger partial charge >= 0.3 is 0 Å². The maximum atomic E-state index is 12.4. The van der Waals surface area contributed by atoms with E-state index in [1.807, 2.05) is 43.3 Å². The Bertz CT molecular complexity index is 1120. The van der Waals surface area contributed by atoms with Crippen molar-refractivity contribution < 1.29 is 14.3 Å². The summed E-state index contributed by atoms with van der Waals surface area (Å²) in [6.07, 6.45) is 6.18. The van der Waals surface area contributed by atoms with E-state index in [2.05, 4.69) is 37.8 Å². The highest BCUT2D eigenvalue weighted by Crippen LogP contribution is 2.21. The lowest BCUT2D eigenvalue weighted by Gasteiger charge is -2.23. The molecular weight excluding hydrogens is 470 g/mol. The zero-order chi connectivity index (χ0) is 27.2. The number of aromatic nitrogens is 2. The van der Waals surface area contributed by atoms with E-state index in [0.717, 1.165) is 11.4 Å². The van der Waals surface area contributed by atoms with Gasteiger partial charge in [-0.1, -0.05) is 17.9 Å². The van der Waals surface area contributed by atoms with Crippen molar-refractivity contribution in [2.24, 2.45) is 0 Å². The average Bonchev–Trinajstić information content (AvgIpc) is 2.90. The summed E-state index contributed by atoms with van der Waals surface area (Å²) >= 11 is 0. The third kappa shape index (κ3) is 9.82. The van der Waals surface area contributed by atoms with Gasteiger partial charge in [-0.2, -0.15) is 4.98 Å². The summed E-state index contributed by atoms with van der Waals surface area (Å²) in [5, 5.41) is 9.07. The van der Waals surface area contributed by atoms with Gasteiger partial charge in [-0.05, 0) is 51.7 Å². The van der Waals surface area contributed by atoms with Gasteiger partial charge in [0, 0.05) is 45.4 Å². The number of methoxy groups -OCH3 is 1. The average molecular weight is 508 g/mol. The molecule has 2 aromatic rings. The van der Waals surface area contributed by atoms with Crippen LogP contribution in [0.5, 0.6) is 5.75 Å². The molecule has 1 heterocycles. The number of nitrogens with zero attached hydrogens (tertiary/aromatic N) is 4. The zero-order valence-electron chi connectivity index (χ0n) is 22.5. The second-order valence-electron chi connectivity index (χ2n) is 8.55. The molecule has 10 heteroatoms. The number of anilines is 3. The number of hydrogen-bond acceptors (Lipinski definition) is 8. The van der Waals surface area contributed by atoms with Crippen LogP contribution >= 0.6 is 0 Å². The predicted octanol–water partition coefficient (Wildman–Crippen LogP) is 2.48. The van der Waals surface area contributed by atoms with E-state index < -0.39 is 6.04 Å². The van der Waals surface area contributed by atoms with Gasteiger partial charge in [0.1, 0.15) is 11.8 Å². The summed E-state index contributed by atoms with van der Waals surface area (Å²) < 4.78 is 5.20. The Balaban J connectivity index is 1.88. The normalized spacial score (nSPS) is 11.4. The Kier molecular flexibility index (Phi) is 11.9. The lowest BCUT2D eigenvalue weighted by Crippen LogP contribution is -2.45. The highest BCUT2D eigenvalue weighted by molar-refractivity contribution is 5.92. The van der Waals surface area contributed by atoms with E-state index in [1.54, 1.807) is 40.4 Å².